The van der Waals surface area contributed by atoms with Gasteiger partial charge in [-0.15, -0.1) is 0 Å². The summed E-state index contributed by atoms with van der Waals surface area (Å²) in [6.45, 7) is 0. The molecule has 0 radical (unpaired) electrons. The molecule has 0 bridgehead atoms. The Bertz CT molecular complexity index is 589. The summed E-state index contributed by atoms with van der Waals surface area (Å²) in [6.07, 6.45) is 7.26. The summed E-state index contributed by atoms with van der Waals surface area (Å²) in [5.41, 5.74) is -0.0180. The lowest BCUT2D eigenvalue weighted by atomic mass is 9.97. The molecule has 1 aliphatic rings. The van der Waals surface area contributed by atoms with Crippen LogP contribution < -0.4 is 4.72 Å². The van der Waals surface area contributed by atoms with E-state index in [1.54, 1.807) is 0 Å². The summed E-state index contributed by atoms with van der Waals surface area (Å²) in [4.78, 5) is 11.0. The Hall–Kier alpha value is -1.40. The van der Waals surface area contributed by atoms with Gasteiger partial charge in [0, 0.05) is 6.04 Å². The fourth-order valence-electron chi connectivity index (χ4n) is 2.66. The normalized spacial score (nSPS) is 17.9. The van der Waals surface area contributed by atoms with E-state index >= 15 is 0 Å². The van der Waals surface area contributed by atoms with Crippen molar-refractivity contribution in [2.75, 3.05) is 0 Å². The molecule has 116 valence electrons. The van der Waals surface area contributed by atoms with Crippen LogP contribution in [0.25, 0.3) is 0 Å². The van der Waals surface area contributed by atoms with Crippen LogP contribution in [-0.4, -0.2) is 25.5 Å². The molecule has 1 saturated carbocycles. The number of benzene rings is 1. The van der Waals surface area contributed by atoms with Gasteiger partial charge in [-0.05, 0) is 31.0 Å². The van der Waals surface area contributed by atoms with E-state index in [0.717, 1.165) is 38.5 Å². The van der Waals surface area contributed by atoms with E-state index < -0.39 is 16.0 Å². The first kappa shape index (κ1) is 16.0. The predicted octanol–water partition coefficient (Wildman–Crippen LogP) is 2.78. The average Bonchev–Trinajstić information content (AvgIpc) is 2.42. The fourth-order valence-corrected chi connectivity index (χ4v) is 4.01. The lowest BCUT2D eigenvalue weighted by molar-refractivity contribution is 0.0696. The van der Waals surface area contributed by atoms with Crippen LogP contribution in [-0.2, 0) is 10.0 Å². The Morgan fingerprint density at radius 1 is 1.10 bits per heavy atom. The fraction of sp³-hybridized carbons (Fsp3) is 0.533. The highest BCUT2D eigenvalue weighted by Crippen LogP contribution is 2.19. The number of hydrogen-bond donors (Lipinski definition) is 2. The van der Waals surface area contributed by atoms with E-state index in [0.29, 0.717) is 0 Å². The van der Waals surface area contributed by atoms with E-state index in [4.69, 9.17) is 5.11 Å². The van der Waals surface area contributed by atoms with Crippen molar-refractivity contribution in [1.29, 1.82) is 0 Å². The molecule has 0 heterocycles. The highest BCUT2D eigenvalue weighted by atomic mass is 32.2. The molecule has 21 heavy (non-hydrogen) atoms. The van der Waals surface area contributed by atoms with Gasteiger partial charge in [-0.2, -0.15) is 0 Å². The second-order valence-corrected chi connectivity index (χ2v) is 7.21. The van der Waals surface area contributed by atoms with Crippen molar-refractivity contribution in [3.8, 4) is 0 Å². The highest BCUT2D eigenvalue weighted by molar-refractivity contribution is 7.89. The molecule has 1 aliphatic carbocycles. The average molecular weight is 311 g/mol. The van der Waals surface area contributed by atoms with Crippen molar-refractivity contribution in [1.82, 2.24) is 4.72 Å². The quantitative estimate of drug-likeness (QED) is 0.895. The first-order valence-electron chi connectivity index (χ1n) is 7.35. The number of sulfonamides is 1. The Balaban J connectivity index is 2.13. The maximum atomic E-state index is 12.4. The van der Waals surface area contributed by atoms with Crippen LogP contribution in [0, 0.1) is 0 Å². The van der Waals surface area contributed by atoms with E-state index in [1.807, 2.05) is 0 Å². The third kappa shape index (κ3) is 4.54. The monoisotopic (exact) mass is 311 g/mol. The van der Waals surface area contributed by atoms with Crippen LogP contribution in [0.4, 0.5) is 0 Å². The van der Waals surface area contributed by atoms with Crippen molar-refractivity contribution in [3.05, 3.63) is 29.8 Å². The summed E-state index contributed by atoms with van der Waals surface area (Å²) in [7, 11) is -3.66. The second-order valence-electron chi connectivity index (χ2n) is 5.50. The lowest BCUT2D eigenvalue weighted by Crippen LogP contribution is -2.35. The van der Waals surface area contributed by atoms with Gasteiger partial charge in [-0.25, -0.2) is 17.9 Å². The smallest absolute Gasteiger partial charge is 0.335 e. The molecule has 2 rings (SSSR count). The predicted molar refractivity (Wildman–Crippen MR) is 79.8 cm³/mol. The molecule has 0 atom stereocenters. The van der Waals surface area contributed by atoms with Crippen molar-refractivity contribution < 1.29 is 18.3 Å². The molecule has 1 fully saturated rings. The molecule has 5 nitrogen and oxygen atoms in total. The molecule has 0 aliphatic heterocycles. The summed E-state index contributed by atoms with van der Waals surface area (Å²) >= 11 is 0. The van der Waals surface area contributed by atoms with Crippen molar-refractivity contribution in [3.63, 3.8) is 0 Å². The van der Waals surface area contributed by atoms with Gasteiger partial charge in [-0.3, -0.25) is 0 Å². The summed E-state index contributed by atoms with van der Waals surface area (Å²) < 4.78 is 27.5. The molecule has 0 saturated heterocycles. The minimum Gasteiger partial charge on any atom is -0.478 e. The van der Waals surface area contributed by atoms with Crippen LogP contribution in [0.2, 0.25) is 0 Å². The number of hydrogen-bond acceptors (Lipinski definition) is 3. The zero-order chi connectivity index (χ0) is 15.3. The molecule has 0 aromatic heterocycles. The van der Waals surface area contributed by atoms with Gasteiger partial charge in [0.25, 0.3) is 0 Å². The SMILES string of the molecule is O=C(O)c1cccc(S(=O)(=O)NC2CCCCCCC2)c1. The number of carboxylic acids is 1. The molecule has 0 unspecified atom stereocenters. The molecule has 6 heteroatoms. The van der Waals surface area contributed by atoms with Gasteiger partial charge in [0.2, 0.25) is 10.0 Å². The van der Waals surface area contributed by atoms with Gasteiger partial charge < -0.3 is 5.11 Å². The minimum atomic E-state index is -3.66. The van der Waals surface area contributed by atoms with Crippen LogP contribution in [0.3, 0.4) is 0 Å². The maximum absolute atomic E-state index is 12.4. The van der Waals surface area contributed by atoms with Crippen LogP contribution in [0.5, 0.6) is 0 Å². The first-order valence-corrected chi connectivity index (χ1v) is 8.83. The molecule has 0 spiro atoms. The zero-order valence-corrected chi connectivity index (χ0v) is 12.7. The number of nitrogens with one attached hydrogen (secondary N) is 1. The Morgan fingerprint density at radius 2 is 1.71 bits per heavy atom. The number of carbonyl (C=O) groups is 1. The van der Waals surface area contributed by atoms with Crippen LogP contribution >= 0.6 is 0 Å². The molecular formula is C15H21NO4S. The third-order valence-corrected chi connectivity index (χ3v) is 5.34. The van der Waals surface area contributed by atoms with E-state index in [-0.39, 0.29) is 16.5 Å². The van der Waals surface area contributed by atoms with Crippen molar-refractivity contribution in [2.45, 2.75) is 55.9 Å². The lowest BCUT2D eigenvalue weighted by Gasteiger charge is -2.21. The maximum Gasteiger partial charge on any atom is 0.335 e. The Morgan fingerprint density at radius 3 is 2.33 bits per heavy atom. The Labute approximate surface area is 125 Å². The van der Waals surface area contributed by atoms with Crippen molar-refractivity contribution in [2.24, 2.45) is 0 Å². The van der Waals surface area contributed by atoms with Gasteiger partial charge in [-0.1, -0.05) is 38.2 Å². The molecule has 1 aromatic rings. The first-order chi connectivity index (χ1) is 9.99. The molecule has 0 amide bonds. The van der Waals surface area contributed by atoms with E-state index in [1.165, 1.54) is 30.7 Å². The zero-order valence-electron chi connectivity index (χ0n) is 11.9. The summed E-state index contributed by atoms with van der Waals surface area (Å²) in [5.74, 6) is -1.13. The van der Waals surface area contributed by atoms with Crippen molar-refractivity contribution >= 4 is 16.0 Å². The summed E-state index contributed by atoms with van der Waals surface area (Å²) in [5, 5.41) is 8.95. The number of aromatic carboxylic acids is 1. The van der Waals surface area contributed by atoms with Gasteiger partial charge >= 0.3 is 5.97 Å². The third-order valence-electron chi connectivity index (χ3n) is 3.82. The molecule has 2 N–H and O–H groups in total. The highest BCUT2D eigenvalue weighted by Gasteiger charge is 2.21. The van der Waals surface area contributed by atoms with Gasteiger partial charge in [0.1, 0.15) is 0 Å². The number of carboxylic acid groups (broad SMARTS) is 1. The van der Waals surface area contributed by atoms with Gasteiger partial charge in [0.15, 0.2) is 0 Å². The standard InChI is InChI=1S/C15H21NO4S/c17-15(18)12-7-6-10-14(11-12)21(19,20)16-13-8-4-2-1-3-5-9-13/h6-7,10-11,13,16H,1-5,8-9H2,(H,17,18). The summed E-state index contributed by atoms with van der Waals surface area (Å²) in [6, 6.07) is 5.42. The largest absolute Gasteiger partial charge is 0.478 e. The van der Waals surface area contributed by atoms with Gasteiger partial charge in [0.05, 0.1) is 10.5 Å². The second kappa shape index (κ2) is 7.04. The molecular weight excluding hydrogens is 290 g/mol. The van der Waals surface area contributed by atoms with E-state index in [9.17, 15) is 13.2 Å². The molecule has 1 aromatic carbocycles. The van der Waals surface area contributed by atoms with E-state index in [2.05, 4.69) is 4.72 Å². The topological polar surface area (TPSA) is 83.5 Å². The number of rotatable bonds is 4. The van der Waals surface area contributed by atoms with Crippen LogP contribution in [0.1, 0.15) is 55.3 Å². The van der Waals surface area contributed by atoms with Crippen LogP contribution in [0.15, 0.2) is 29.2 Å². The minimum absolute atomic E-state index is 0.0180. The Kier molecular flexibility index (Phi) is 5.36.